The van der Waals surface area contributed by atoms with Gasteiger partial charge in [0, 0.05) is 28.3 Å². The van der Waals surface area contributed by atoms with Crippen LogP contribution < -0.4 is 4.31 Å². The monoisotopic (exact) mass is 545 g/mol. The molecule has 2 heterocycles. The summed E-state index contributed by atoms with van der Waals surface area (Å²) in [5.41, 5.74) is 6.80. The summed E-state index contributed by atoms with van der Waals surface area (Å²) in [5.74, 6) is -1.53. The zero-order valence-corrected chi connectivity index (χ0v) is 22.9. The third kappa shape index (κ3) is 5.10. The van der Waals surface area contributed by atoms with Crippen molar-refractivity contribution < 1.29 is 22.7 Å². The maximum Gasteiger partial charge on any atom is 0.372 e. The minimum absolute atomic E-state index is 0.145. The highest BCUT2D eigenvalue weighted by Gasteiger charge is 2.23. The molecule has 0 saturated heterocycles. The Hall–Kier alpha value is -3.88. The zero-order valence-electron chi connectivity index (χ0n) is 21.2. The van der Waals surface area contributed by atoms with Crippen molar-refractivity contribution in [2.24, 2.45) is 0 Å². The minimum Gasteiger partial charge on any atom is -0.475 e. The molecule has 5 aromatic rings. The molecule has 0 aliphatic heterocycles. The summed E-state index contributed by atoms with van der Waals surface area (Å²) in [4.78, 5) is 12.7. The Morgan fingerprint density at radius 3 is 2.16 bits per heavy atom. The summed E-state index contributed by atoms with van der Waals surface area (Å²) >= 11 is 1.70. The molecule has 3 aromatic carbocycles. The number of aromatic carboxylic acids is 1. The van der Waals surface area contributed by atoms with Crippen LogP contribution in [-0.2, 0) is 10.9 Å². The average Bonchev–Trinajstić information content (AvgIpc) is 3.48. The van der Waals surface area contributed by atoms with E-state index in [1.807, 2.05) is 31.2 Å². The third-order valence-electron chi connectivity index (χ3n) is 6.77. The fraction of sp³-hybridized carbons (Fsp3) is 0.167. The second-order valence-electron chi connectivity index (χ2n) is 9.44. The number of hydrogen-bond acceptors (Lipinski definition) is 5. The molecule has 0 saturated carbocycles. The molecule has 0 aliphatic rings. The molecule has 0 spiro atoms. The predicted molar refractivity (Wildman–Crippen MR) is 153 cm³/mol. The van der Waals surface area contributed by atoms with Crippen LogP contribution in [0.25, 0.3) is 21.4 Å². The largest absolute Gasteiger partial charge is 0.475 e. The van der Waals surface area contributed by atoms with E-state index < -0.39 is 16.9 Å². The number of carboxylic acid groups (broad SMARTS) is 1. The van der Waals surface area contributed by atoms with Crippen molar-refractivity contribution in [1.29, 1.82) is 0 Å². The van der Waals surface area contributed by atoms with Gasteiger partial charge in [-0.25, -0.2) is 13.2 Å². The van der Waals surface area contributed by atoms with E-state index in [4.69, 9.17) is 4.42 Å². The zero-order chi connectivity index (χ0) is 27.0. The van der Waals surface area contributed by atoms with Crippen LogP contribution in [0.1, 0.15) is 44.3 Å². The lowest BCUT2D eigenvalue weighted by Crippen LogP contribution is -2.27. The van der Waals surface area contributed by atoms with E-state index in [9.17, 15) is 18.3 Å². The van der Waals surface area contributed by atoms with Crippen LogP contribution in [0.2, 0.25) is 0 Å². The molecule has 0 bridgehead atoms. The Morgan fingerprint density at radius 1 is 0.921 bits per heavy atom. The number of aryl methyl sites for hydroxylation is 3. The van der Waals surface area contributed by atoms with Crippen molar-refractivity contribution in [3.8, 4) is 10.4 Å². The first-order valence-electron chi connectivity index (χ1n) is 12.1. The summed E-state index contributed by atoms with van der Waals surface area (Å²) in [6.07, 6.45) is 0. The van der Waals surface area contributed by atoms with Gasteiger partial charge in [0.1, 0.15) is 5.58 Å². The standard InChI is InChI=1S/C30H27NO5S2/c1-18-4-6-21(7-5-18)26(22-8-10-23(11-9-22)28-14-19(2)17-37-28)16-31(38(34)35)24-12-13-27-25(15-24)20(3)29(36-27)30(32)33/h4-15,17,26,38H,16H2,1-3H3,(H,32,33). The van der Waals surface area contributed by atoms with E-state index in [0.29, 0.717) is 22.2 Å². The molecule has 0 fully saturated rings. The molecule has 2 aromatic heterocycles. The number of nitrogens with zero attached hydrogens (tertiary/aromatic N) is 1. The number of anilines is 1. The van der Waals surface area contributed by atoms with Gasteiger partial charge in [-0.2, -0.15) is 0 Å². The SMILES string of the molecule is Cc1ccc(C(CN(c2ccc3oc(C(=O)O)c(C)c3c2)[SH](=O)=O)c2ccc(-c3cc(C)cs3)cc2)cc1. The molecule has 194 valence electrons. The number of carboxylic acids is 1. The first-order chi connectivity index (χ1) is 18.2. The van der Waals surface area contributed by atoms with E-state index in [2.05, 4.69) is 42.6 Å². The number of thiol groups is 1. The van der Waals surface area contributed by atoms with Crippen LogP contribution in [0.5, 0.6) is 0 Å². The molecule has 8 heteroatoms. The van der Waals surface area contributed by atoms with Crippen molar-refractivity contribution in [1.82, 2.24) is 0 Å². The van der Waals surface area contributed by atoms with Gasteiger partial charge in [0.15, 0.2) is 0 Å². The van der Waals surface area contributed by atoms with Crippen LogP contribution in [0.4, 0.5) is 5.69 Å². The first-order valence-corrected chi connectivity index (χ1v) is 14.1. The second-order valence-corrected chi connectivity index (χ2v) is 11.3. The summed E-state index contributed by atoms with van der Waals surface area (Å²) in [5, 5.41) is 12.1. The van der Waals surface area contributed by atoms with Crippen molar-refractivity contribution in [3.05, 3.63) is 112 Å². The number of thiophene rings is 1. The van der Waals surface area contributed by atoms with Crippen molar-refractivity contribution in [3.63, 3.8) is 0 Å². The van der Waals surface area contributed by atoms with Gasteiger partial charge in [0.25, 0.3) is 0 Å². The molecule has 0 amide bonds. The van der Waals surface area contributed by atoms with Gasteiger partial charge in [-0.05, 0) is 72.7 Å². The highest BCUT2D eigenvalue weighted by molar-refractivity contribution is 7.74. The topological polar surface area (TPSA) is 87.8 Å². The van der Waals surface area contributed by atoms with Crippen LogP contribution >= 0.6 is 11.3 Å². The van der Waals surface area contributed by atoms with Gasteiger partial charge in [0.05, 0.1) is 5.69 Å². The second kappa shape index (κ2) is 10.5. The lowest BCUT2D eigenvalue weighted by Gasteiger charge is -2.26. The molecule has 1 unspecified atom stereocenters. The number of carbonyl (C=O) groups is 1. The Bertz CT molecular complexity index is 1690. The molecular weight excluding hydrogens is 518 g/mol. The number of fused-ring (bicyclic) bond motifs is 1. The van der Waals surface area contributed by atoms with Crippen LogP contribution in [0.3, 0.4) is 0 Å². The van der Waals surface area contributed by atoms with E-state index in [-0.39, 0.29) is 18.2 Å². The van der Waals surface area contributed by atoms with Gasteiger partial charge >= 0.3 is 5.97 Å². The number of hydrogen-bond donors (Lipinski definition) is 2. The van der Waals surface area contributed by atoms with Gasteiger partial charge in [-0.1, -0.05) is 54.1 Å². The lowest BCUT2D eigenvalue weighted by atomic mass is 9.90. The van der Waals surface area contributed by atoms with Crippen LogP contribution in [0, 0.1) is 20.8 Å². The van der Waals surface area contributed by atoms with E-state index in [1.54, 1.807) is 36.5 Å². The molecule has 0 radical (unpaired) electrons. The van der Waals surface area contributed by atoms with Gasteiger partial charge < -0.3 is 9.52 Å². The normalized spacial score (nSPS) is 12.2. The molecule has 6 nitrogen and oxygen atoms in total. The summed E-state index contributed by atoms with van der Waals surface area (Å²) in [6, 6.07) is 23.5. The predicted octanol–water partition coefficient (Wildman–Crippen LogP) is 6.95. The Labute approximate surface area is 226 Å². The number of rotatable bonds is 8. The molecule has 1 atom stereocenters. The summed E-state index contributed by atoms with van der Waals surface area (Å²) < 4.78 is 32.0. The highest BCUT2D eigenvalue weighted by Crippen LogP contribution is 2.34. The summed E-state index contributed by atoms with van der Waals surface area (Å²) in [6.45, 7) is 5.94. The van der Waals surface area contributed by atoms with Gasteiger partial charge in [0.2, 0.25) is 16.7 Å². The average molecular weight is 546 g/mol. The fourth-order valence-corrected chi connectivity index (χ4v) is 6.19. The maximum atomic E-state index is 12.6. The lowest BCUT2D eigenvalue weighted by molar-refractivity contribution is 0.0664. The number of benzene rings is 3. The highest BCUT2D eigenvalue weighted by atomic mass is 32.2. The van der Waals surface area contributed by atoms with E-state index >= 15 is 0 Å². The fourth-order valence-electron chi connectivity index (χ4n) is 4.68. The van der Waals surface area contributed by atoms with Crippen molar-refractivity contribution >= 4 is 44.9 Å². The maximum absolute atomic E-state index is 12.6. The van der Waals surface area contributed by atoms with Crippen LogP contribution in [-0.4, -0.2) is 26.0 Å². The first kappa shape index (κ1) is 25.8. The molecule has 5 rings (SSSR count). The molecule has 38 heavy (non-hydrogen) atoms. The Kier molecular flexibility index (Phi) is 7.10. The van der Waals surface area contributed by atoms with Crippen molar-refractivity contribution in [2.45, 2.75) is 26.7 Å². The Balaban J connectivity index is 1.55. The molecule has 0 aliphatic carbocycles. The smallest absolute Gasteiger partial charge is 0.372 e. The van der Waals surface area contributed by atoms with E-state index in [1.165, 1.54) is 14.7 Å². The van der Waals surface area contributed by atoms with Crippen molar-refractivity contribution in [2.75, 3.05) is 10.8 Å². The van der Waals surface area contributed by atoms with Crippen LogP contribution in [0.15, 0.2) is 82.6 Å². The molecule has 1 N–H and O–H groups in total. The van der Waals surface area contributed by atoms with E-state index in [0.717, 1.165) is 22.3 Å². The quantitative estimate of drug-likeness (QED) is 0.206. The minimum atomic E-state index is -2.98. The Morgan fingerprint density at radius 2 is 1.58 bits per heavy atom. The number of furan rings is 1. The molecular formula is C30H27NO5S2. The summed E-state index contributed by atoms with van der Waals surface area (Å²) in [7, 11) is -2.98. The third-order valence-corrected chi connectivity index (χ3v) is 8.66. The van der Waals surface area contributed by atoms with Gasteiger partial charge in [-0.15, -0.1) is 11.3 Å². The van der Waals surface area contributed by atoms with Gasteiger partial charge in [-0.3, -0.25) is 4.31 Å².